The SMILES string of the molecule is Cc1ccc(OCC(=O)N2CCN(C(=O)Nc3ccc(Cl)cc3)CC2)cc1. The molecule has 0 aromatic heterocycles. The number of benzene rings is 2. The fourth-order valence-electron chi connectivity index (χ4n) is 2.77. The van der Waals surface area contributed by atoms with Crippen molar-refractivity contribution >= 4 is 29.2 Å². The molecule has 1 fully saturated rings. The quantitative estimate of drug-likeness (QED) is 0.874. The second-order valence-corrected chi connectivity index (χ2v) is 6.84. The molecule has 0 radical (unpaired) electrons. The van der Waals surface area contributed by atoms with Crippen LogP contribution in [0.4, 0.5) is 10.5 Å². The molecule has 0 atom stereocenters. The number of hydrogen-bond acceptors (Lipinski definition) is 3. The van der Waals surface area contributed by atoms with Crippen LogP contribution in [0.5, 0.6) is 5.75 Å². The summed E-state index contributed by atoms with van der Waals surface area (Å²) in [6.07, 6.45) is 0. The maximum absolute atomic E-state index is 12.3. The van der Waals surface area contributed by atoms with Gasteiger partial charge >= 0.3 is 6.03 Å². The first kappa shape index (κ1) is 19.0. The van der Waals surface area contributed by atoms with Crippen LogP contribution in [0.25, 0.3) is 0 Å². The second kappa shape index (κ2) is 8.77. The number of anilines is 1. The van der Waals surface area contributed by atoms with Gasteiger partial charge in [-0.25, -0.2) is 4.79 Å². The number of halogens is 1. The highest BCUT2D eigenvalue weighted by Gasteiger charge is 2.24. The van der Waals surface area contributed by atoms with Gasteiger partial charge in [-0.15, -0.1) is 0 Å². The Labute approximate surface area is 163 Å². The summed E-state index contributed by atoms with van der Waals surface area (Å²) in [5.41, 5.74) is 1.83. The first-order chi connectivity index (χ1) is 13.0. The molecule has 1 saturated heterocycles. The topological polar surface area (TPSA) is 61.9 Å². The number of piperazine rings is 1. The average Bonchev–Trinajstić information content (AvgIpc) is 2.69. The van der Waals surface area contributed by atoms with E-state index in [0.717, 1.165) is 5.56 Å². The van der Waals surface area contributed by atoms with Crippen LogP contribution in [0.2, 0.25) is 5.02 Å². The Kier molecular flexibility index (Phi) is 6.19. The molecule has 1 heterocycles. The third kappa shape index (κ3) is 5.37. The molecule has 0 spiro atoms. The minimum Gasteiger partial charge on any atom is -0.484 e. The zero-order valence-electron chi connectivity index (χ0n) is 15.2. The fraction of sp³-hybridized carbons (Fsp3) is 0.300. The summed E-state index contributed by atoms with van der Waals surface area (Å²) in [6, 6.07) is 14.4. The predicted octanol–water partition coefficient (Wildman–Crippen LogP) is 3.40. The third-order valence-corrected chi connectivity index (χ3v) is 4.65. The molecule has 142 valence electrons. The summed E-state index contributed by atoms with van der Waals surface area (Å²) in [6.45, 7) is 3.94. The molecule has 27 heavy (non-hydrogen) atoms. The van der Waals surface area contributed by atoms with Gasteiger partial charge in [0, 0.05) is 36.9 Å². The van der Waals surface area contributed by atoms with E-state index in [1.165, 1.54) is 0 Å². The Morgan fingerprint density at radius 2 is 1.56 bits per heavy atom. The van der Waals surface area contributed by atoms with Gasteiger partial charge in [-0.2, -0.15) is 0 Å². The summed E-state index contributed by atoms with van der Waals surface area (Å²) in [5, 5.41) is 3.45. The van der Waals surface area contributed by atoms with Gasteiger partial charge in [0.25, 0.3) is 5.91 Å². The van der Waals surface area contributed by atoms with E-state index in [1.54, 1.807) is 34.1 Å². The maximum atomic E-state index is 12.3. The Morgan fingerprint density at radius 3 is 2.19 bits per heavy atom. The van der Waals surface area contributed by atoms with Crippen molar-refractivity contribution in [2.24, 2.45) is 0 Å². The molecule has 1 aliphatic rings. The molecular weight excluding hydrogens is 366 g/mol. The van der Waals surface area contributed by atoms with Crippen molar-refractivity contribution in [3.63, 3.8) is 0 Å². The van der Waals surface area contributed by atoms with E-state index in [-0.39, 0.29) is 18.5 Å². The summed E-state index contributed by atoms with van der Waals surface area (Å²) in [5.74, 6) is 0.600. The molecule has 2 aromatic rings. The van der Waals surface area contributed by atoms with Crippen LogP contribution in [-0.4, -0.2) is 54.5 Å². The molecule has 6 nitrogen and oxygen atoms in total. The largest absolute Gasteiger partial charge is 0.484 e. The lowest BCUT2D eigenvalue weighted by Gasteiger charge is -2.34. The standard InChI is InChI=1S/C20H22ClN3O3/c1-15-2-8-18(9-3-15)27-14-19(25)23-10-12-24(13-11-23)20(26)22-17-6-4-16(21)5-7-17/h2-9H,10-14H2,1H3,(H,22,26). The van der Waals surface area contributed by atoms with Gasteiger partial charge in [0.05, 0.1) is 0 Å². The number of nitrogens with one attached hydrogen (secondary N) is 1. The number of urea groups is 1. The molecule has 0 aliphatic carbocycles. The molecule has 3 rings (SSSR count). The molecule has 0 bridgehead atoms. The molecule has 1 N–H and O–H groups in total. The van der Waals surface area contributed by atoms with Crippen molar-refractivity contribution in [3.05, 3.63) is 59.1 Å². The van der Waals surface area contributed by atoms with E-state index in [4.69, 9.17) is 16.3 Å². The van der Waals surface area contributed by atoms with Gasteiger partial charge in [0.1, 0.15) is 5.75 Å². The molecule has 2 aromatic carbocycles. The van der Waals surface area contributed by atoms with Gasteiger partial charge in [0.2, 0.25) is 0 Å². The number of amides is 3. The van der Waals surface area contributed by atoms with Crippen LogP contribution in [-0.2, 0) is 4.79 Å². The summed E-state index contributed by atoms with van der Waals surface area (Å²) >= 11 is 5.84. The zero-order chi connectivity index (χ0) is 19.2. The monoisotopic (exact) mass is 387 g/mol. The van der Waals surface area contributed by atoms with Gasteiger partial charge in [-0.3, -0.25) is 4.79 Å². The summed E-state index contributed by atoms with van der Waals surface area (Å²) in [4.78, 5) is 28.0. The van der Waals surface area contributed by atoms with E-state index in [9.17, 15) is 9.59 Å². The van der Waals surface area contributed by atoms with Crippen molar-refractivity contribution in [1.82, 2.24) is 9.80 Å². The summed E-state index contributed by atoms with van der Waals surface area (Å²) < 4.78 is 5.54. The zero-order valence-corrected chi connectivity index (χ0v) is 15.9. The number of rotatable bonds is 4. The van der Waals surface area contributed by atoms with Gasteiger partial charge in [-0.1, -0.05) is 29.3 Å². The molecular formula is C20H22ClN3O3. The average molecular weight is 388 g/mol. The Balaban J connectivity index is 1.43. The lowest BCUT2D eigenvalue weighted by molar-refractivity contribution is -0.134. The van der Waals surface area contributed by atoms with Crippen LogP contribution in [0.1, 0.15) is 5.56 Å². The number of carbonyl (C=O) groups excluding carboxylic acids is 2. The fourth-order valence-corrected chi connectivity index (χ4v) is 2.89. The van der Waals surface area contributed by atoms with E-state index in [2.05, 4.69) is 5.32 Å². The number of nitrogens with zero attached hydrogens (tertiary/aromatic N) is 2. The highest BCUT2D eigenvalue weighted by Crippen LogP contribution is 2.15. The smallest absolute Gasteiger partial charge is 0.321 e. The number of aryl methyl sites for hydroxylation is 1. The highest BCUT2D eigenvalue weighted by molar-refractivity contribution is 6.30. The lowest BCUT2D eigenvalue weighted by atomic mass is 10.2. The number of ether oxygens (including phenoxy) is 1. The van der Waals surface area contributed by atoms with Crippen LogP contribution >= 0.6 is 11.6 Å². The highest BCUT2D eigenvalue weighted by atomic mass is 35.5. The van der Waals surface area contributed by atoms with E-state index in [0.29, 0.717) is 42.6 Å². The lowest BCUT2D eigenvalue weighted by Crippen LogP contribution is -2.52. The second-order valence-electron chi connectivity index (χ2n) is 6.41. The van der Waals surface area contributed by atoms with Crippen molar-refractivity contribution in [3.8, 4) is 5.75 Å². The molecule has 0 unspecified atom stereocenters. The predicted molar refractivity (Wildman–Crippen MR) is 105 cm³/mol. The van der Waals surface area contributed by atoms with Gasteiger partial charge in [-0.05, 0) is 43.3 Å². The van der Waals surface area contributed by atoms with Crippen LogP contribution < -0.4 is 10.1 Å². The minimum atomic E-state index is -0.180. The maximum Gasteiger partial charge on any atom is 0.321 e. The van der Waals surface area contributed by atoms with Crippen molar-refractivity contribution in [1.29, 1.82) is 0 Å². The van der Waals surface area contributed by atoms with Crippen molar-refractivity contribution in [2.45, 2.75) is 6.92 Å². The molecule has 1 aliphatic heterocycles. The molecule has 3 amide bonds. The number of hydrogen-bond donors (Lipinski definition) is 1. The van der Waals surface area contributed by atoms with Crippen LogP contribution in [0.15, 0.2) is 48.5 Å². The Morgan fingerprint density at radius 1 is 0.963 bits per heavy atom. The first-order valence-electron chi connectivity index (χ1n) is 8.80. The van der Waals surface area contributed by atoms with Crippen molar-refractivity contribution < 1.29 is 14.3 Å². The molecule has 7 heteroatoms. The van der Waals surface area contributed by atoms with Gasteiger partial charge in [0.15, 0.2) is 6.61 Å². The van der Waals surface area contributed by atoms with Crippen molar-refractivity contribution in [2.75, 3.05) is 38.1 Å². The van der Waals surface area contributed by atoms with E-state index < -0.39 is 0 Å². The Hall–Kier alpha value is -2.73. The number of carbonyl (C=O) groups is 2. The minimum absolute atomic E-state index is 0.0000318. The summed E-state index contributed by atoms with van der Waals surface area (Å²) in [7, 11) is 0. The van der Waals surface area contributed by atoms with Crippen LogP contribution in [0, 0.1) is 6.92 Å². The van der Waals surface area contributed by atoms with Gasteiger partial charge < -0.3 is 19.9 Å². The Bertz CT molecular complexity index is 785. The van der Waals surface area contributed by atoms with Crippen LogP contribution in [0.3, 0.4) is 0 Å². The molecule has 0 saturated carbocycles. The third-order valence-electron chi connectivity index (χ3n) is 4.40. The van der Waals surface area contributed by atoms with E-state index in [1.807, 2.05) is 31.2 Å². The normalized spacial score (nSPS) is 14.0. The first-order valence-corrected chi connectivity index (χ1v) is 9.18. The van der Waals surface area contributed by atoms with E-state index >= 15 is 0 Å².